The van der Waals surface area contributed by atoms with E-state index in [-0.39, 0.29) is 28.8 Å². The minimum absolute atomic E-state index is 0.00906. The Bertz CT molecular complexity index is 1450. The van der Waals surface area contributed by atoms with Gasteiger partial charge in [-0.25, -0.2) is 4.39 Å². The fourth-order valence-electron chi connectivity index (χ4n) is 5.37. The zero-order valence-corrected chi connectivity index (χ0v) is 20.0. The van der Waals surface area contributed by atoms with Gasteiger partial charge in [0.2, 0.25) is 5.91 Å². The van der Waals surface area contributed by atoms with Gasteiger partial charge in [0.05, 0.1) is 0 Å². The molecule has 3 aromatic rings. The lowest BCUT2D eigenvalue weighted by atomic mass is 9.69. The Morgan fingerprint density at radius 3 is 2.41 bits per heavy atom. The van der Waals surface area contributed by atoms with Crippen LogP contribution in [0.25, 0.3) is 23.3 Å². The molecule has 1 atom stereocenters. The lowest BCUT2D eigenvalue weighted by molar-refractivity contribution is -0.116. The fraction of sp³-hybridized carbons (Fsp3) is 0.267. The maximum absolute atomic E-state index is 13.4. The predicted octanol–water partition coefficient (Wildman–Crippen LogP) is 4.77. The topological polar surface area (TPSA) is 37.4 Å². The molecule has 1 unspecified atom stereocenters. The molecule has 0 N–H and O–H groups in total. The van der Waals surface area contributed by atoms with Gasteiger partial charge in [-0.05, 0) is 87.3 Å². The number of anilines is 1. The third kappa shape index (κ3) is 3.67. The summed E-state index contributed by atoms with van der Waals surface area (Å²) >= 11 is 0. The van der Waals surface area contributed by atoms with Gasteiger partial charge in [0.15, 0.2) is 5.78 Å². The molecule has 0 saturated carbocycles. The molecule has 4 heteroatoms. The first kappa shape index (κ1) is 22.3. The van der Waals surface area contributed by atoms with Crippen LogP contribution in [0.3, 0.4) is 0 Å². The smallest absolute Gasteiger partial charge is 0.223 e. The molecule has 3 aromatic carbocycles. The number of rotatable bonds is 3. The summed E-state index contributed by atoms with van der Waals surface area (Å²) in [5.41, 5.74) is 5.95. The maximum atomic E-state index is 13.4. The van der Waals surface area contributed by atoms with E-state index in [1.165, 1.54) is 23.3 Å². The first-order valence-electron chi connectivity index (χ1n) is 11.7. The molecular formula is C30H28FNO2. The predicted molar refractivity (Wildman–Crippen MR) is 135 cm³/mol. The molecule has 0 saturated heterocycles. The van der Waals surface area contributed by atoms with Crippen molar-refractivity contribution in [3.05, 3.63) is 87.5 Å². The molecule has 0 bridgehead atoms. The van der Waals surface area contributed by atoms with Gasteiger partial charge in [-0.1, -0.05) is 44.2 Å². The van der Waals surface area contributed by atoms with Crippen molar-refractivity contribution in [2.75, 3.05) is 11.9 Å². The highest BCUT2D eigenvalue weighted by molar-refractivity contribution is 6.01. The van der Waals surface area contributed by atoms with Gasteiger partial charge in [0.1, 0.15) is 5.82 Å². The molecule has 0 spiro atoms. The van der Waals surface area contributed by atoms with E-state index in [9.17, 15) is 14.0 Å². The molecule has 1 amide bonds. The standard InChI is InChI=1S/C30H28FNO2/c1-18(33)32(4)23-11-7-19-8-12-25-24(26(19)16-23)13-14-28-27(25)15-21(17-30(28,2)3)29(34)20-5-9-22(31)10-6-20/h5-7,9-16,21H,8,17H2,1-4H3. The molecular weight excluding hydrogens is 425 g/mol. The van der Waals surface area contributed by atoms with Crippen molar-refractivity contribution in [3.8, 4) is 11.1 Å². The van der Waals surface area contributed by atoms with Crippen LogP contribution >= 0.6 is 0 Å². The second-order valence-electron chi connectivity index (χ2n) is 10.0. The van der Waals surface area contributed by atoms with E-state index >= 15 is 0 Å². The largest absolute Gasteiger partial charge is 0.316 e. The third-order valence-electron chi connectivity index (χ3n) is 7.35. The Kier molecular flexibility index (Phi) is 5.27. The number of nitrogens with zero attached hydrogens (tertiary/aromatic N) is 1. The number of halogens is 1. The van der Waals surface area contributed by atoms with Crippen molar-refractivity contribution < 1.29 is 14.0 Å². The Hall–Kier alpha value is -3.53. The van der Waals surface area contributed by atoms with Crippen molar-refractivity contribution >= 4 is 29.5 Å². The van der Waals surface area contributed by atoms with E-state index < -0.39 is 0 Å². The summed E-state index contributed by atoms with van der Waals surface area (Å²) in [5.74, 6) is -0.598. The van der Waals surface area contributed by atoms with Crippen LogP contribution in [0.5, 0.6) is 0 Å². The Balaban J connectivity index is 1.66. The van der Waals surface area contributed by atoms with Crippen molar-refractivity contribution in [2.45, 2.75) is 39.0 Å². The van der Waals surface area contributed by atoms with Crippen LogP contribution in [-0.2, 0) is 16.6 Å². The van der Waals surface area contributed by atoms with E-state index in [2.05, 4.69) is 50.3 Å². The molecule has 0 radical (unpaired) electrons. The zero-order valence-electron chi connectivity index (χ0n) is 20.0. The molecule has 34 heavy (non-hydrogen) atoms. The number of ketones is 1. The first-order valence-corrected chi connectivity index (χ1v) is 11.7. The Labute approximate surface area is 199 Å². The minimum atomic E-state index is -0.341. The second-order valence-corrected chi connectivity index (χ2v) is 10.0. The summed E-state index contributed by atoms with van der Waals surface area (Å²) < 4.78 is 13.4. The van der Waals surface area contributed by atoms with Crippen molar-refractivity contribution in [1.82, 2.24) is 0 Å². The summed E-state index contributed by atoms with van der Waals surface area (Å²) in [6.07, 6.45) is 5.87. The average Bonchev–Trinajstić information content (AvgIpc) is 2.82. The molecule has 0 fully saturated rings. The van der Waals surface area contributed by atoms with Crippen LogP contribution in [0.1, 0.15) is 48.7 Å². The highest BCUT2D eigenvalue weighted by Gasteiger charge is 2.34. The first-order chi connectivity index (χ1) is 16.2. The molecule has 0 aromatic heterocycles. The van der Waals surface area contributed by atoms with Crippen molar-refractivity contribution in [2.24, 2.45) is 5.92 Å². The highest BCUT2D eigenvalue weighted by Crippen LogP contribution is 2.36. The van der Waals surface area contributed by atoms with Crippen LogP contribution in [-0.4, -0.2) is 18.7 Å². The molecule has 5 rings (SSSR count). The number of hydrogen-bond acceptors (Lipinski definition) is 2. The number of hydrogen-bond donors (Lipinski definition) is 0. The zero-order chi connectivity index (χ0) is 24.2. The summed E-state index contributed by atoms with van der Waals surface area (Å²) in [4.78, 5) is 26.9. The van der Waals surface area contributed by atoms with E-state index in [4.69, 9.17) is 0 Å². The number of carbonyl (C=O) groups is 2. The van der Waals surface area contributed by atoms with Crippen LogP contribution in [0.15, 0.2) is 54.6 Å². The number of benzene rings is 3. The van der Waals surface area contributed by atoms with Gasteiger partial charge in [-0.2, -0.15) is 0 Å². The maximum Gasteiger partial charge on any atom is 0.223 e. The van der Waals surface area contributed by atoms with Gasteiger partial charge in [-0.3, -0.25) is 9.59 Å². The van der Waals surface area contributed by atoms with E-state index in [1.54, 1.807) is 31.0 Å². The Morgan fingerprint density at radius 1 is 0.971 bits per heavy atom. The minimum Gasteiger partial charge on any atom is -0.316 e. The fourth-order valence-corrected chi connectivity index (χ4v) is 5.37. The van der Waals surface area contributed by atoms with Crippen LogP contribution in [0.4, 0.5) is 10.1 Å². The average molecular weight is 454 g/mol. The molecule has 3 nitrogen and oxygen atoms in total. The van der Waals surface area contributed by atoms with Gasteiger partial charge in [-0.15, -0.1) is 0 Å². The van der Waals surface area contributed by atoms with Crippen molar-refractivity contribution in [3.63, 3.8) is 0 Å². The normalized spacial score (nSPS) is 17.4. The lowest BCUT2D eigenvalue weighted by Crippen LogP contribution is -2.43. The molecule has 0 heterocycles. The third-order valence-corrected chi connectivity index (χ3v) is 7.35. The van der Waals surface area contributed by atoms with Crippen LogP contribution in [0, 0.1) is 11.7 Å². The molecule has 2 aliphatic carbocycles. The summed E-state index contributed by atoms with van der Waals surface area (Å²) in [6, 6.07) is 16.4. The number of amides is 1. The monoisotopic (exact) mass is 453 g/mol. The van der Waals surface area contributed by atoms with Gasteiger partial charge in [0.25, 0.3) is 0 Å². The second kappa shape index (κ2) is 8.05. The number of carbonyl (C=O) groups excluding carboxylic acids is 2. The number of Topliss-reactive ketones (excluding diaryl/α,β-unsaturated/α-hetero) is 1. The van der Waals surface area contributed by atoms with Crippen LogP contribution in [0.2, 0.25) is 0 Å². The molecule has 172 valence electrons. The number of fused-ring (bicyclic) bond motifs is 5. The molecule has 2 aliphatic rings. The summed E-state index contributed by atoms with van der Waals surface area (Å²) in [6.45, 7) is 5.94. The van der Waals surface area contributed by atoms with E-state index in [0.29, 0.717) is 12.0 Å². The SMILES string of the molecule is CC(=O)N(C)c1ccc2c(c1)-c1ccc3c(c1=CC2)=CC(C(=O)c1ccc(F)cc1)CC3(C)C. The van der Waals surface area contributed by atoms with Crippen molar-refractivity contribution in [1.29, 1.82) is 0 Å². The van der Waals surface area contributed by atoms with Gasteiger partial charge < -0.3 is 4.90 Å². The summed E-state index contributed by atoms with van der Waals surface area (Å²) in [7, 11) is 1.79. The quantitative estimate of drug-likeness (QED) is 0.536. The summed E-state index contributed by atoms with van der Waals surface area (Å²) in [5, 5.41) is 2.27. The Morgan fingerprint density at radius 2 is 1.71 bits per heavy atom. The van der Waals surface area contributed by atoms with E-state index in [0.717, 1.165) is 33.7 Å². The highest BCUT2D eigenvalue weighted by atomic mass is 19.1. The van der Waals surface area contributed by atoms with Crippen LogP contribution < -0.4 is 15.3 Å². The van der Waals surface area contributed by atoms with Gasteiger partial charge >= 0.3 is 0 Å². The molecule has 0 aliphatic heterocycles. The lowest BCUT2D eigenvalue weighted by Gasteiger charge is -2.34. The van der Waals surface area contributed by atoms with Gasteiger partial charge in [0, 0.05) is 31.1 Å². The van der Waals surface area contributed by atoms with E-state index in [1.807, 2.05) is 6.07 Å².